The first-order valence-electron chi connectivity index (χ1n) is 10.4. The highest BCUT2D eigenvalue weighted by atomic mass is 32.2. The molecule has 7 heteroatoms. The maximum atomic E-state index is 13.0. The van der Waals surface area contributed by atoms with Gasteiger partial charge in [-0.2, -0.15) is 0 Å². The Balaban J connectivity index is 1.80. The summed E-state index contributed by atoms with van der Waals surface area (Å²) in [6.45, 7) is 7.17. The number of fused-ring (bicyclic) bond motifs is 1. The Labute approximate surface area is 176 Å². The number of nitrogens with one attached hydrogen (secondary N) is 1. The molecule has 1 N–H and O–H groups in total. The van der Waals surface area contributed by atoms with E-state index in [0.29, 0.717) is 41.0 Å². The van der Waals surface area contributed by atoms with Crippen LogP contribution in [0.1, 0.15) is 40.0 Å². The third-order valence-corrected chi connectivity index (χ3v) is 7.12. The molecular formula is C22H31N3O3S. The van der Waals surface area contributed by atoms with Crippen molar-refractivity contribution in [1.29, 1.82) is 0 Å². The lowest BCUT2D eigenvalue weighted by Gasteiger charge is -2.35. The van der Waals surface area contributed by atoms with Crippen LogP contribution in [0.3, 0.4) is 0 Å². The number of aromatic nitrogens is 2. The molecule has 0 spiro atoms. The van der Waals surface area contributed by atoms with Crippen LogP contribution in [0.15, 0.2) is 34.2 Å². The number of carbonyl (C=O) groups excluding carboxylic acids is 1. The van der Waals surface area contributed by atoms with Crippen LogP contribution in [0, 0.1) is 11.8 Å². The molecule has 2 aromatic rings. The van der Waals surface area contributed by atoms with E-state index in [9.17, 15) is 9.59 Å². The maximum absolute atomic E-state index is 13.0. The molecule has 0 saturated heterocycles. The Hall–Kier alpha value is -1.86. The fraction of sp³-hybridized carbons (Fsp3) is 0.591. The van der Waals surface area contributed by atoms with Gasteiger partial charge in [-0.15, -0.1) is 0 Å². The van der Waals surface area contributed by atoms with Crippen molar-refractivity contribution in [3.8, 4) is 0 Å². The van der Waals surface area contributed by atoms with Crippen LogP contribution in [0.25, 0.3) is 10.9 Å². The fourth-order valence-corrected chi connectivity index (χ4v) is 4.86. The summed E-state index contributed by atoms with van der Waals surface area (Å²) in [4.78, 5) is 30.5. The number of ether oxygens (including phenoxy) is 1. The first kappa shape index (κ1) is 21.8. The van der Waals surface area contributed by atoms with Gasteiger partial charge in [0.2, 0.25) is 5.91 Å². The van der Waals surface area contributed by atoms with Gasteiger partial charge in [-0.3, -0.25) is 14.2 Å². The highest BCUT2D eigenvalue weighted by molar-refractivity contribution is 8.00. The normalized spacial score (nSPS) is 23.1. The topological polar surface area (TPSA) is 73.2 Å². The maximum Gasteiger partial charge on any atom is 0.262 e. The fourth-order valence-electron chi connectivity index (χ4n) is 3.91. The number of amides is 1. The number of hydrogen-bond donors (Lipinski definition) is 1. The molecule has 6 nitrogen and oxygen atoms in total. The third-order valence-electron chi connectivity index (χ3n) is 6.03. The predicted octanol–water partition coefficient (Wildman–Crippen LogP) is 3.46. The standard InChI is InChI=1S/C22H31N3O3S/c1-14-8-7-11-18(15(14)2)23-20(26)16(3)29-22-24-19-10-6-5-9-17(19)21(27)25(22)12-13-28-4/h5-6,9-10,14-16,18H,7-8,11-13H2,1-4H3,(H,23,26)/t14-,15-,16-,18-/m1/s1. The summed E-state index contributed by atoms with van der Waals surface area (Å²) >= 11 is 1.33. The van der Waals surface area contributed by atoms with E-state index in [1.54, 1.807) is 17.7 Å². The lowest BCUT2D eigenvalue weighted by Crippen LogP contribution is -2.46. The number of benzene rings is 1. The first-order chi connectivity index (χ1) is 13.9. The van der Waals surface area contributed by atoms with Gasteiger partial charge in [0.1, 0.15) is 0 Å². The highest BCUT2D eigenvalue weighted by Gasteiger charge is 2.30. The second-order valence-electron chi connectivity index (χ2n) is 8.00. The van der Waals surface area contributed by atoms with E-state index in [2.05, 4.69) is 24.1 Å². The van der Waals surface area contributed by atoms with E-state index < -0.39 is 0 Å². The first-order valence-corrected chi connectivity index (χ1v) is 11.3. The lowest BCUT2D eigenvalue weighted by molar-refractivity contribution is -0.121. The quantitative estimate of drug-likeness (QED) is 0.552. The molecule has 1 aromatic carbocycles. The number of methoxy groups -OCH3 is 1. The molecule has 4 atom stereocenters. The van der Waals surface area contributed by atoms with Crippen LogP contribution >= 0.6 is 11.8 Å². The summed E-state index contributed by atoms with van der Waals surface area (Å²) in [6.07, 6.45) is 3.41. The predicted molar refractivity (Wildman–Crippen MR) is 117 cm³/mol. The van der Waals surface area contributed by atoms with Gasteiger partial charge in [-0.05, 0) is 37.3 Å². The highest BCUT2D eigenvalue weighted by Crippen LogP contribution is 2.30. The van der Waals surface area contributed by atoms with Crippen molar-refractivity contribution < 1.29 is 9.53 Å². The SMILES string of the molecule is COCCn1c(S[C@H](C)C(=O)N[C@@H]2CCC[C@@H](C)[C@H]2C)nc2ccccc2c1=O. The third kappa shape index (κ3) is 5.01. The average molecular weight is 418 g/mol. The van der Waals surface area contributed by atoms with Crippen molar-refractivity contribution in [2.24, 2.45) is 11.8 Å². The van der Waals surface area contributed by atoms with E-state index in [-0.39, 0.29) is 22.8 Å². The van der Waals surface area contributed by atoms with Gasteiger partial charge in [0, 0.05) is 13.2 Å². The zero-order valence-electron chi connectivity index (χ0n) is 17.7. The Kier molecular flexibility index (Phi) is 7.35. The minimum absolute atomic E-state index is 0.00153. The Morgan fingerprint density at radius 3 is 2.86 bits per heavy atom. The molecule has 3 rings (SSSR count). The van der Waals surface area contributed by atoms with Crippen molar-refractivity contribution in [3.63, 3.8) is 0 Å². The number of carbonyl (C=O) groups is 1. The molecular weight excluding hydrogens is 386 g/mol. The molecule has 1 aliphatic rings. The lowest BCUT2D eigenvalue weighted by atomic mass is 9.78. The van der Waals surface area contributed by atoms with Gasteiger partial charge in [-0.1, -0.05) is 50.6 Å². The van der Waals surface area contributed by atoms with Gasteiger partial charge in [0.05, 0.1) is 29.3 Å². The largest absolute Gasteiger partial charge is 0.383 e. The second kappa shape index (κ2) is 9.76. The van der Waals surface area contributed by atoms with Gasteiger partial charge >= 0.3 is 0 Å². The van der Waals surface area contributed by atoms with Gasteiger partial charge < -0.3 is 10.1 Å². The van der Waals surface area contributed by atoms with E-state index >= 15 is 0 Å². The summed E-state index contributed by atoms with van der Waals surface area (Å²) in [5, 5.41) is 4.02. The summed E-state index contributed by atoms with van der Waals surface area (Å²) in [6, 6.07) is 7.53. The van der Waals surface area contributed by atoms with E-state index in [1.165, 1.54) is 18.2 Å². The smallest absolute Gasteiger partial charge is 0.262 e. The molecule has 1 aliphatic carbocycles. The molecule has 1 aromatic heterocycles. The number of nitrogens with zero attached hydrogens (tertiary/aromatic N) is 2. The van der Waals surface area contributed by atoms with Crippen LogP contribution in [-0.4, -0.2) is 40.5 Å². The van der Waals surface area contributed by atoms with Crippen LogP contribution < -0.4 is 10.9 Å². The van der Waals surface area contributed by atoms with Crippen LogP contribution in [0.5, 0.6) is 0 Å². The molecule has 1 saturated carbocycles. The van der Waals surface area contributed by atoms with Gasteiger partial charge in [0.25, 0.3) is 5.56 Å². The summed E-state index contributed by atoms with van der Waals surface area (Å²) in [5.41, 5.74) is 0.550. The molecule has 0 radical (unpaired) electrons. The molecule has 29 heavy (non-hydrogen) atoms. The Morgan fingerprint density at radius 2 is 2.10 bits per heavy atom. The van der Waals surface area contributed by atoms with Crippen molar-refractivity contribution >= 4 is 28.6 Å². The molecule has 0 unspecified atom stereocenters. The molecule has 0 aliphatic heterocycles. The van der Waals surface area contributed by atoms with Crippen LogP contribution in [0.2, 0.25) is 0 Å². The summed E-state index contributed by atoms with van der Waals surface area (Å²) in [7, 11) is 1.61. The minimum atomic E-state index is -0.346. The van der Waals surface area contributed by atoms with Crippen molar-refractivity contribution in [1.82, 2.24) is 14.9 Å². The van der Waals surface area contributed by atoms with E-state index in [4.69, 9.17) is 4.74 Å². The van der Waals surface area contributed by atoms with Gasteiger partial charge in [0.15, 0.2) is 5.16 Å². The van der Waals surface area contributed by atoms with Crippen LogP contribution in [0.4, 0.5) is 0 Å². The number of para-hydroxylation sites is 1. The zero-order valence-corrected chi connectivity index (χ0v) is 18.5. The second-order valence-corrected chi connectivity index (χ2v) is 9.31. The Bertz CT molecular complexity index is 914. The summed E-state index contributed by atoms with van der Waals surface area (Å²) < 4.78 is 6.78. The summed E-state index contributed by atoms with van der Waals surface area (Å²) in [5.74, 6) is 1.10. The van der Waals surface area contributed by atoms with Crippen molar-refractivity contribution in [2.45, 2.75) is 63.0 Å². The average Bonchev–Trinajstić information content (AvgIpc) is 2.71. The van der Waals surface area contributed by atoms with Crippen LogP contribution in [-0.2, 0) is 16.1 Å². The Morgan fingerprint density at radius 1 is 1.34 bits per heavy atom. The van der Waals surface area contributed by atoms with Crippen molar-refractivity contribution in [2.75, 3.05) is 13.7 Å². The van der Waals surface area contributed by atoms with Crippen molar-refractivity contribution in [3.05, 3.63) is 34.6 Å². The molecule has 158 valence electrons. The number of hydrogen-bond acceptors (Lipinski definition) is 5. The zero-order chi connectivity index (χ0) is 21.0. The van der Waals surface area contributed by atoms with Gasteiger partial charge in [-0.25, -0.2) is 4.98 Å². The molecule has 1 amide bonds. The number of rotatable bonds is 7. The molecule has 1 fully saturated rings. The van der Waals surface area contributed by atoms with E-state index in [1.807, 2.05) is 25.1 Å². The minimum Gasteiger partial charge on any atom is -0.383 e. The molecule has 0 bridgehead atoms. The monoisotopic (exact) mass is 417 g/mol. The van der Waals surface area contributed by atoms with E-state index in [0.717, 1.165) is 12.8 Å². The number of thioether (sulfide) groups is 1. The molecule has 1 heterocycles.